The first-order chi connectivity index (χ1) is 11.8. The van der Waals surface area contributed by atoms with E-state index >= 15 is 0 Å². The van der Waals surface area contributed by atoms with Crippen molar-refractivity contribution in [2.75, 3.05) is 24.3 Å². The normalized spacial score (nSPS) is 10.9. The molecule has 0 spiro atoms. The number of rotatable bonds is 6. The SMILES string of the molecule is COc1cc(NS(=O)(=O)c2ccc(Cl)cc2)c(OC)cc1NC(C)=O. The highest BCUT2D eigenvalue weighted by Gasteiger charge is 2.19. The van der Waals surface area contributed by atoms with Crippen LogP contribution in [0.5, 0.6) is 11.5 Å². The van der Waals surface area contributed by atoms with Crippen LogP contribution >= 0.6 is 11.6 Å². The van der Waals surface area contributed by atoms with Crippen LogP contribution in [0.25, 0.3) is 0 Å². The molecule has 7 nitrogen and oxygen atoms in total. The smallest absolute Gasteiger partial charge is 0.262 e. The molecule has 0 saturated heterocycles. The van der Waals surface area contributed by atoms with Crippen molar-refractivity contribution in [1.29, 1.82) is 0 Å². The summed E-state index contributed by atoms with van der Waals surface area (Å²) in [5.41, 5.74) is 0.532. The van der Waals surface area contributed by atoms with E-state index in [0.717, 1.165) is 0 Å². The number of hydrogen-bond acceptors (Lipinski definition) is 5. The number of anilines is 2. The molecule has 0 fully saturated rings. The van der Waals surface area contributed by atoms with Gasteiger partial charge in [-0.3, -0.25) is 9.52 Å². The summed E-state index contributed by atoms with van der Waals surface area (Å²) in [6, 6.07) is 8.64. The predicted molar refractivity (Wildman–Crippen MR) is 96.1 cm³/mol. The van der Waals surface area contributed by atoms with E-state index in [-0.39, 0.29) is 28.0 Å². The Morgan fingerprint density at radius 2 is 1.52 bits per heavy atom. The Kier molecular flexibility index (Phi) is 5.76. The molecule has 0 unspecified atom stereocenters. The second-order valence-electron chi connectivity index (χ2n) is 4.99. The van der Waals surface area contributed by atoms with Crippen LogP contribution in [0.1, 0.15) is 6.92 Å². The monoisotopic (exact) mass is 384 g/mol. The second-order valence-corrected chi connectivity index (χ2v) is 7.11. The molecule has 1 amide bonds. The zero-order valence-electron chi connectivity index (χ0n) is 13.8. The minimum atomic E-state index is -3.86. The second kappa shape index (κ2) is 7.62. The molecule has 134 valence electrons. The summed E-state index contributed by atoms with van der Waals surface area (Å²) in [5, 5.41) is 3.02. The Balaban J connectivity index is 2.44. The first-order valence-electron chi connectivity index (χ1n) is 7.09. The van der Waals surface area contributed by atoms with Crippen LogP contribution in [-0.4, -0.2) is 28.5 Å². The van der Waals surface area contributed by atoms with Gasteiger partial charge in [0.15, 0.2) is 0 Å². The molecule has 0 atom stereocenters. The Morgan fingerprint density at radius 3 is 2.04 bits per heavy atom. The molecular formula is C16H17ClN2O5S. The van der Waals surface area contributed by atoms with Crippen molar-refractivity contribution in [2.24, 2.45) is 0 Å². The molecule has 0 radical (unpaired) electrons. The number of sulfonamides is 1. The number of carbonyl (C=O) groups excluding carboxylic acids is 1. The first kappa shape index (κ1) is 18.9. The molecule has 0 aliphatic heterocycles. The Bertz CT molecular complexity index is 882. The summed E-state index contributed by atoms with van der Waals surface area (Å²) in [7, 11) is -1.06. The molecule has 2 aromatic carbocycles. The topological polar surface area (TPSA) is 93.7 Å². The lowest BCUT2D eigenvalue weighted by molar-refractivity contribution is -0.114. The number of hydrogen-bond donors (Lipinski definition) is 2. The van der Waals surface area contributed by atoms with E-state index in [1.54, 1.807) is 0 Å². The van der Waals surface area contributed by atoms with E-state index in [1.807, 2.05) is 0 Å². The van der Waals surface area contributed by atoms with E-state index in [2.05, 4.69) is 10.0 Å². The maximum absolute atomic E-state index is 12.5. The summed E-state index contributed by atoms with van der Waals surface area (Å²) < 4.78 is 37.9. The molecule has 25 heavy (non-hydrogen) atoms. The van der Waals surface area contributed by atoms with Gasteiger partial charge in [-0.15, -0.1) is 0 Å². The van der Waals surface area contributed by atoms with E-state index < -0.39 is 10.0 Å². The quantitative estimate of drug-likeness (QED) is 0.798. The van der Waals surface area contributed by atoms with Crippen LogP contribution in [0.15, 0.2) is 41.3 Å². The third kappa shape index (κ3) is 4.55. The van der Waals surface area contributed by atoms with E-state index in [1.165, 1.54) is 57.5 Å². The molecule has 9 heteroatoms. The molecule has 0 aromatic heterocycles. The van der Waals surface area contributed by atoms with Gasteiger partial charge in [0.05, 0.1) is 30.5 Å². The number of nitrogens with one attached hydrogen (secondary N) is 2. The lowest BCUT2D eigenvalue weighted by Crippen LogP contribution is -2.14. The average Bonchev–Trinajstić information content (AvgIpc) is 2.55. The molecule has 0 saturated carbocycles. The summed E-state index contributed by atoms with van der Waals surface area (Å²) in [5.74, 6) is 0.210. The number of ether oxygens (including phenoxy) is 2. The van der Waals surface area contributed by atoms with Crippen LogP contribution in [-0.2, 0) is 14.8 Å². The molecule has 0 aliphatic carbocycles. The van der Waals surface area contributed by atoms with Gasteiger partial charge >= 0.3 is 0 Å². The molecule has 0 heterocycles. The van der Waals surface area contributed by atoms with Gasteiger partial charge < -0.3 is 14.8 Å². The summed E-state index contributed by atoms with van der Waals surface area (Å²) in [6.07, 6.45) is 0. The Morgan fingerprint density at radius 1 is 1.00 bits per heavy atom. The number of amides is 1. The fourth-order valence-electron chi connectivity index (χ4n) is 2.08. The largest absolute Gasteiger partial charge is 0.494 e. The first-order valence-corrected chi connectivity index (χ1v) is 8.95. The number of benzene rings is 2. The zero-order chi connectivity index (χ0) is 18.6. The third-order valence-electron chi connectivity index (χ3n) is 3.20. The maximum atomic E-state index is 12.5. The van der Waals surface area contributed by atoms with E-state index in [0.29, 0.717) is 10.7 Å². The molecule has 0 bridgehead atoms. The molecule has 2 aromatic rings. The fraction of sp³-hybridized carbons (Fsp3) is 0.188. The van der Waals surface area contributed by atoms with Crippen molar-refractivity contribution in [1.82, 2.24) is 0 Å². The van der Waals surface area contributed by atoms with Crippen molar-refractivity contribution >= 4 is 38.9 Å². The fourth-order valence-corrected chi connectivity index (χ4v) is 3.27. The van der Waals surface area contributed by atoms with Crippen LogP contribution in [0.3, 0.4) is 0 Å². The Labute approximate surface area is 151 Å². The number of carbonyl (C=O) groups is 1. The summed E-state index contributed by atoms with van der Waals surface area (Å²) in [6.45, 7) is 1.35. The van der Waals surface area contributed by atoms with Crippen LogP contribution < -0.4 is 19.5 Å². The Hall–Kier alpha value is -2.45. The zero-order valence-corrected chi connectivity index (χ0v) is 15.4. The highest BCUT2D eigenvalue weighted by atomic mass is 35.5. The van der Waals surface area contributed by atoms with Crippen LogP contribution in [0.4, 0.5) is 11.4 Å². The van der Waals surface area contributed by atoms with Crippen molar-refractivity contribution in [3.05, 3.63) is 41.4 Å². The van der Waals surface area contributed by atoms with Gasteiger partial charge in [-0.2, -0.15) is 0 Å². The van der Waals surface area contributed by atoms with Gasteiger partial charge in [0, 0.05) is 24.1 Å². The minimum absolute atomic E-state index is 0.0452. The molecule has 0 aliphatic rings. The number of halogens is 1. The number of methoxy groups -OCH3 is 2. The standard InChI is InChI=1S/C16H17ClN2O5S/c1-10(20)18-13-8-16(24-3)14(9-15(13)23-2)19-25(21,22)12-6-4-11(17)5-7-12/h4-9,19H,1-3H3,(H,18,20). The van der Waals surface area contributed by atoms with Crippen molar-refractivity contribution in [3.63, 3.8) is 0 Å². The highest BCUT2D eigenvalue weighted by molar-refractivity contribution is 7.92. The van der Waals surface area contributed by atoms with Crippen molar-refractivity contribution in [3.8, 4) is 11.5 Å². The lowest BCUT2D eigenvalue weighted by Gasteiger charge is -2.16. The lowest BCUT2D eigenvalue weighted by atomic mass is 10.2. The van der Waals surface area contributed by atoms with Gasteiger partial charge in [0.2, 0.25) is 5.91 Å². The van der Waals surface area contributed by atoms with Crippen molar-refractivity contribution < 1.29 is 22.7 Å². The molecule has 2 N–H and O–H groups in total. The van der Waals surface area contributed by atoms with E-state index in [4.69, 9.17) is 21.1 Å². The van der Waals surface area contributed by atoms with Crippen molar-refractivity contribution in [2.45, 2.75) is 11.8 Å². The maximum Gasteiger partial charge on any atom is 0.262 e. The molecular weight excluding hydrogens is 368 g/mol. The van der Waals surface area contributed by atoms with Gasteiger partial charge in [0.25, 0.3) is 10.0 Å². The highest BCUT2D eigenvalue weighted by Crippen LogP contribution is 2.37. The van der Waals surface area contributed by atoms with Gasteiger partial charge in [-0.05, 0) is 24.3 Å². The summed E-state index contributed by atoms with van der Waals surface area (Å²) >= 11 is 5.78. The van der Waals surface area contributed by atoms with Crippen LogP contribution in [0, 0.1) is 0 Å². The van der Waals surface area contributed by atoms with Gasteiger partial charge in [0.1, 0.15) is 11.5 Å². The average molecular weight is 385 g/mol. The van der Waals surface area contributed by atoms with Crippen LogP contribution in [0.2, 0.25) is 5.02 Å². The van der Waals surface area contributed by atoms with Gasteiger partial charge in [-0.25, -0.2) is 8.42 Å². The van der Waals surface area contributed by atoms with Gasteiger partial charge in [-0.1, -0.05) is 11.6 Å². The predicted octanol–water partition coefficient (Wildman–Crippen LogP) is 3.12. The summed E-state index contributed by atoms with van der Waals surface area (Å²) in [4.78, 5) is 11.3. The van der Waals surface area contributed by atoms with E-state index in [9.17, 15) is 13.2 Å². The minimum Gasteiger partial charge on any atom is -0.494 e. The molecule has 2 rings (SSSR count). The third-order valence-corrected chi connectivity index (χ3v) is 4.83.